The summed E-state index contributed by atoms with van der Waals surface area (Å²) in [6.45, 7) is -0.351. The molecule has 0 unspecified atom stereocenters. The molecule has 1 aliphatic rings. The Morgan fingerprint density at radius 3 is 2.95 bits per heavy atom. The fourth-order valence-electron chi connectivity index (χ4n) is 1.83. The maximum atomic E-state index is 12.6. The first-order valence-corrected chi connectivity index (χ1v) is 7.27. The minimum Gasteiger partial charge on any atom is -0.395 e. The van der Waals surface area contributed by atoms with Gasteiger partial charge in [0.25, 0.3) is 0 Å². The van der Waals surface area contributed by atoms with Crippen LogP contribution < -0.4 is 11.4 Å². The van der Waals surface area contributed by atoms with E-state index in [4.69, 9.17) is 10.8 Å². The molecule has 1 saturated heterocycles. The highest BCUT2D eigenvalue weighted by Crippen LogP contribution is 2.42. The van der Waals surface area contributed by atoms with E-state index < -0.39 is 28.5 Å². The van der Waals surface area contributed by atoms with Crippen LogP contribution in [0.25, 0.3) is 0 Å². The summed E-state index contributed by atoms with van der Waals surface area (Å²) in [5.74, 6) is 0.0850. The van der Waals surface area contributed by atoms with Gasteiger partial charge in [-0.15, -0.1) is 11.8 Å². The van der Waals surface area contributed by atoms with Crippen molar-refractivity contribution in [3.8, 4) is 0 Å². The summed E-state index contributed by atoms with van der Waals surface area (Å²) in [4.78, 5) is 19.1. The van der Waals surface area contributed by atoms with Crippen molar-refractivity contribution in [3.05, 3.63) is 20.3 Å². The van der Waals surface area contributed by atoms with Crippen LogP contribution in [0.4, 0.5) is 10.3 Å². The van der Waals surface area contributed by atoms with E-state index >= 15 is 0 Å². The molecule has 0 aromatic carbocycles. The summed E-state index contributed by atoms with van der Waals surface area (Å²) >= 11 is 2.94. The number of nitrogens with two attached hydrogens (primary N) is 1. The number of aliphatic hydroxyl groups excluding tert-OH is 2. The second-order valence-electron chi connectivity index (χ2n) is 3.96. The Morgan fingerprint density at radius 2 is 2.37 bits per heavy atom. The molecule has 2 heterocycles. The van der Waals surface area contributed by atoms with Crippen molar-refractivity contribution in [1.82, 2.24) is 9.55 Å². The summed E-state index contributed by atoms with van der Waals surface area (Å²) < 4.78 is 14.3. The number of aliphatic hydroxyl groups is 2. The first kappa shape index (κ1) is 15.0. The van der Waals surface area contributed by atoms with Gasteiger partial charge in [-0.05, 0) is 27.1 Å². The van der Waals surface area contributed by atoms with E-state index in [1.54, 1.807) is 0 Å². The van der Waals surface area contributed by atoms with Crippen LogP contribution in [0.2, 0.25) is 0 Å². The topological polar surface area (TPSA) is 111 Å². The Balaban J connectivity index is 2.41. The SMILES string of the molecule is Nc1nc(=O)n([C@@H]2S[C@H](CO)[C@@H](O)[C@@H]2OF)cc1I. The van der Waals surface area contributed by atoms with Crippen LogP contribution in [0, 0.1) is 3.57 Å². The monoisotopic (exact) mass is 403 g/mol. The highest BCUT2D eigenvalue weighted by molar-refractivity contribution is 14.1. The molecule has 1 aromatic rings. The molecule has 2 rings (SSSR count). The van der Waals surface area contributed by atoms with Crippen LogP contribution in [0.1, 0.15) is 5.37 Å². The highest BCUT2D eigenvalue weighted by atomic mass is 127. The van der Waals surface area contributed by atoms with Crippen molar-refractivity contribution < 1.29 is 19.7 Å². The predicted octanol–water partition coefficient (Wildman–Crippen LogP) is -0.333. The van der Waals surface area contributed by atoms with Gasteiger partial charge < -0.3 is 15.9 Å². The van der Waals surface area contributed by atoms with E-state index in [9.17, 15) is 14.4 Å². The number of anilines is 1. The molecule has 0 amide bonds. The second kappa shape index (κ2) is 5.91. The minimum absolute atomic E-state index is 0.0850. The maximum Gasteiger partial charge on any atom is 0.350 e. The summed E-state index contributed by atoms with van der Waals surface area (Å²) in [7, 11) is 0. The van der Waals surface area contributed by atoms with Crippen LogP contribution in [-0.2, 0) is 4.94 Å². The molecule has 4 atom stereocenters. The maximum absolute atomic E-state index is 12.6. The van der Waals surface area contributed by atoms with E-state index in [0.29, 0.717) is 3.57 Å². The lowest BCUT2D eigenvalue weighted by molar-refractivity contribution is -0.210. The number of halogens is 2. The van der Waals surface area contributed by atoms with Crippen LogP contribution in [0.3, 0.4) is 0 Å². The first-order chi connectivity index (χ1) is 8.99. The standard InChI is InChI=1S/C9H11FIN3O4S/c10-18-6-5(16)4(2-15)19-8(6)14-1-3(11)7(12)13-9(14)17/h1,4-6,8,15-16H,2H2,(H2,12,13,17)/t4-,5-,6+,8-/m1/s1. The van der Waals surface area contributed by atoms with E-state index in [1.807, 2.05) is 22.6 Å². The molecule has 0 aliphatic carbocycles. The number of hydrogen-bond donors (Lipinski definition) is 3. The molecule has 0 spiro atoms. The van der Waals surface area contributed by atoms with Crippen molar-refractivity contribution in [2.24, 2.45) is 0 Å². The number of aromatic nitrogens is 2. The number of nitrogen functional groups attached to an aromatic ring is 1. The molecule has 4 N–H and O–H groups in total. The molecular formula is C9H11FIN3O4S. The molecule has 0 bridgehead atoms. The Kier molecular flexibility index (Phi) is 4.66. The van der Waals surface area contributed by atoms with Gasteiger partial charge in [0.15, 0.2) is 6.10 Å². The predicted molar refractivity (Wildman–Crippen MR) is 75.1 cm³/mol. The lowest BCUT2D eigenvalue weighted by Crippen LogP contribution is -2.37. The lowest BCUT2D eigenvalue weighted by atomic mass is 10.1. The summed E-state index contributed by atoms with van der Waals surface area (Å²) in [6.07, 6.45) is -1.05. The van der Waals surface area contributed by atoms with Gasteiger partial charge in [0, 0.05) is 6.20 Å². The molecule has 0 radical (unpaired) electrons. The van der Waals surface area contributed by atoms with Crippen molar-refractivity contribution in [2.45, 2.75) is 22.8 Å². The van der Waals surface area contributed by atoms with Crippen LogP contribution in [0.15, 0.2) is 11.0 Å². The van der Waals surface area contributed by atoms with Crippen molar-refractivity contribution in [1.29, 1.82) is 0 Å². The van der Waals surface area contributed by atoms with Gasteiger partial charge >= 0.3 is 5.69 Å². The summed E-state index contributed by atoms with van der Waals surface area (Å²) in [5, 5.41) is 17.4. The molecule has 19 heavy (non-hydrogen) atoms. The third kappa shape index (κ3) is 2.72. The lowest BCUT2D eigenvalue weighted by Gasteiger charge is -2.18. The van der Waals surface area contributed by atoms with Crippen molar-refractivity contribution in [2.75, 3.05) is 12.3 Å². The van der Waals surface area contributed by atoms with Gasteiger partial charge in [-0.25, -0.2) is 4.79 Å². The second-order valence-corrected chi connectivity index (χ2v) is 6.48. The zero-order valence-corrected chi connectivity index (χ0v) is 12.4. The zero-order chi connectivity index (χ0) is 14.2. The van der Waals surface area contributed by atoms with Crippen LogP contribution in [-0.4, -0.2) is 43.8 Å². The van der Waals surface area contributed by atoms with Gasteiger partial charge in [0.1, 0.15) is 17.3 Å². The number of hydrogen-bond acceptors (Lipinski definition) is 7. The molecular weight excluding hydrogens is 392 g/mol. The highest BCUT2D eigenvalue weighted by Gasteiger charge is 2.46. The van der Waals surface area contributed by atoms with Gasteiger partial charge in [-0.1, -0.05) is 0 Å². The zero-order valence-electron chi connectivity index (χ0n) is 9.44. The number of rotatable bonds is 3. The van der Waals surface area contributed by atoms with Gasteiger partial charge in [-0.2, -0.15) is 9.93 Å². The van der Waals surface area contributed by atoms with Crippen molar-refractivity contribution >= 4 is 40.2 Å². The molecule has 7 nitrogen and oxygen atoms in total. The minimum atomic E-state index is -1.25. The van der Waals surface area contributed by atoms with Crippen LogP contribution in [0.5, 0.6) is 0 Å². The average molecular weight is 403 g/mol. The van der Waals surface area contributed by atoms with Crippen LogP contribution >= 0.6 is 34.4 Å². The van der Waals surface area contributed by atoms with E-state index in [1.165, 1.54) is 6.20 Å². The third-order valence-corrected chi connectivity index (χ3v) is 5.19. The fraction of sp³-hybridized carbons (Fsp3) is 0.556. The number of nitrogens with zero attached hydrogens (tertiary/aromatic N) is 2. The Hall–Kier alpha value is -0.430. The van der Waals surface area contributed by atoms with E-state index in [0.717, 1.165) is 16.3 Å². The number of thioether (sulfide) groups is 1. The molecule has 10 heteroatoms. The molecule has 1 fully saturated rings. The van der Waals surface area contributed by atoms with Gasteiger partial charge in [0.2, 0.25) is 0 Å². The normalized spacial score (nSPS) is 30.7. The smallest absolute Gasteiger partial charge is 0.350 e. The Bertz CT molecular complexity index is 531. The Labute approximate surface area is 125 Å². The summed E-state index contributed by atoms with van der Waals surface area (Å²) in [5.41, 5.74) is 4.84. The Morgan fingerprint density at radius 1 is 1.68 bits per heavy atom. The van der Waals surface area contributed by atoms with E-state index in [2.05, 4.69) is 9.93 Å². The quantitative estimate of drug-likeness (QED) is 0.593. The van der Waals surface area contributed by atoms with Gasteiger partial charge in [0.05, 0.1) is 15.4 Å². The summed E-state index contributed by atoms with van der Waals surface area (Å²) in [6, 6.07) is 0. The molecule has 1 aliphatic heterocycles. The molecule has 106 valence electrons. The first-order valence-electron chi connectivity index (χ1n) is 5.25. The third-order valence-electron chi connectivity index (χ3n) is 2.80. The largest absolute Gasteiger partial charge is 0.395 e. The van der Waals surface area contributed by atoms with Gasteiger partial charge in [-0.3, -0.25) is 4.57 Å². The fourth-order valence-corrected chi connectivity index (χ4v) is 3.65. The average Bonchev–Trinajstić information content (AvgIpc) is 2.70. The van der Waals surface area contributed by atoms with Crippen molar-refractivity contribution in [3.63, 3.8) is 0 Å². The molecule has 0 saturated carbocycles. The molecule has 1 aromatic heterocycles. The van der Waals surface area contributed by atoms with E-state index in [-0.39, 0.29) is 12.4 Å².